The minimum Gasteiger partial charge on any atom is -0.342 e. The summed E-state index contributed by atoms with van der Waals surface area (Å²) in [5.74, 6) is 0.760. The van der Waals surface area contributed by atoms with Crippen molar-refractivity contribution in [3.8, 4) is 0 Å². The largest absolute Gasteiger partial charge is 0.342 e. The summed E-state index contributed by atoms with van der Waals surface area (Å²) in [7, 11) is 1.96. The molecule has 2 N–H and O–H groups in total. The van der Waals surface area contributed by atoms with Gasteiger partial charge in [-0.05, 0) is 31.7 Å². The molecular formula is C14H28N2O. The second kappa shape index (κ2) is 5.85. The Morgan fingerprint density at radius 3 is 2.47 bits per heavy atom. The summed E-state index contributed by atoms with van der Waals surface area (Å²) < 4.78 is 0. The molecule has 0 aromatic rings. The third kappa shape index (κ3) is 3.21. The fourth-order valence-corrected chi connectivity index (χ4v) is 2.75. The van der Waals surface area contributed by atoms with Crippen molar-refractivity contribution in [2.45, 2.75) is 58.9 Å². The van der Waals surface area contributed by atoms with Gasteiger partial charge in [0.2, 0.25) is 5.91 Å². The van der Waals surface area contributed by atoms with Gasteiger partial charge in [0.25, 0.3) is 0 Å². The molecule has 0 aromatic carbocycles. The third-order valence-electron chi connectivity index (χ3n) is 4.45. The Kier molecular flexibility index (Phi) is 4.99. The highest BCUT2D eigenvalue weighted by Crippen LogP contribution is 2.31. The average Bonchev–Trinajstić information content (AvgIpc) is 2.36. The van der Waals surface area contributed by atoms with Gasteiger partial charge in [-0.2, -0.15) is 0 Å². The van der Waals surface area contributed by atoms with E-state index in [4.69, 9.17) is 5.73 Å². The van der Waals surface area contributed by atoms with Crippen molar-refractivity contribution >= 4 is 5.91 Å². The molecule has 2 atom stereocenters. The fourth-order valence-electron chi connectivity index (χ4n) is 2.75. The number of rotatable bonds is 4. The first-order valence-electron chi connectivity index (χ1n) is 6.91. The first-order chi connectivity index (χ1) is 7.94. The van der Waals surface area contributed by atoms with Crippen LogP contribution in [0, 0.1) is 11.3 Å². The van der Waals surface area contributed by atoms with Crippen molar-refractivity contribution in [3.05, 3.63) is 0 Å². The lowest BCUT2D eigenvalue weighted by atomic mass is 9.81. The molecule has 1 amide bonds. The standard InChI is InChI=1S/C14H28N2O/c1-5-14(2,3)13(17)16(4)12-9-7-6-8-11(12)10-15/h11-12H,5-10,15H2,1-4H3. The van der Waals surface area contributed by atoms with Gasteiger partial charge in [0, 0.05) is 18.5 Å². The Hall–Kier alpha value is -0.570. The van der Waals surface area contributed by atoms with Crippen LogP contribution in [-0.2, 0) is 4.79 Å². The molecule has 1 aliphatic carbocycles. The van der Waals surface area contributed by atoms with E-state index < -0.39 is 0 Å². The Morgan fingerprint density at radius 1 is 1.35 bits per heavy atom. The van der Waals surface area contributed by atoms with Gasteiger partial charge < -0.3 is 10.6 Å². The number of hydrogen-bond donors (Lipinski definition) is 1. The molecule has 100 valence electrons. The highest BCUT2D eigenvalue weighted by molar-refractivity contribution is 5.82. The molecule has 0 saturated heterocycles. The quantitative estimate of drug-likeness (QED) is 0.820. The molecule has 1 aliphatic rings. The van der Waals surface area contributed by atoms with E-state index in [0.717, 1.165) is 12.8 Å². The maximum Gasteiger partial charge on any atom is 0.228 e. The van der Waals surface area contributed by atoms with E-state index in [1.165, 1.54) is 19.3 Å². The summed E-state index contributed by atoms with van der Waals surface area (Å²) in [6.07, 6.45) is 5.66. The molecule has 2 unspecified atom stereocenters. The second-order valence-electron chi connectivity index (χ2n) is 6.00. The average molecular weight is 240 g/mol. The van der Waals surface area contributed by atoms with Gasteiger partial charge in [-0.15, -0.1) is 0 Å². The summed E-state index contributed by atoms with van der Waals surface area (Å²) in [5.41, 5.74) is 5.59. The van der Waals surface area contributed by atoms with Crippen LogP contribution in [0.3, 0.4) is 0 Å². The van der Waals surface area contributed by atoms with Crippen LogP contribution in [-0.4, -0.2) is 30.4 Å². The monoisotopic (exact) mass is 240 g/mol. The lowest BCUT2D eigenvalue weighted by Crippen LogP contribution is -2.49. The first-order valence-corrected chi connectivity index (χ1v) is 6.91. The molecule has 0 bridgehead atoms. The lowest BCUT2D eigenvalue weighted by Gasteiger charge is -2.40. The molecule has 0 radical (unpaired) electrons. The summed E-state index contributed by atoms with van der Waals surface area (Å²) in [4.78, 5) is 14.4. The zero-order valence-corrected chi connectivity index (χ0v) is 11.8. The van der Waals surface area contributed by atoms with Crippen molar-refractivity contribution in [1.29, 1.82) is 0 Å². The minimum absolute atomic E-state index is 0.245. The highest BCUT2D eigenvalue weighted by Gasteiger charge is 2.35. The van der Waals surface area contributed by atoms with E-state index >= 15 is 0 Å². The maximum absolute atomic E-state index is 12.4. The third-order valence-corrected chi connectivity index (χ3v) is 4.45. The molecule has 3 heteroatoms. The fraction of sp³-hybridized carbons (Fsp3) is 0.929. The first kappa shape index (κ1) is 14.5. The lowest BCUT2D eigenvalue weighted by molar-refractivity contribution is -0.143. The summed E-state index contributed by atoms with van der Waals surface area (Å²) in [6.45, 7) is 6.85. The number of amides is 1. The smallest absolute Gasteiger partial charge is 0.228 e. The summed E-state index contributed by atoms with van der Waals surface area (Å²) in [5, 5.41) is 0. The van der Waals surface area contributed by atoms with E-state index in [-0.39, 0.29) is 11.3 Å². The van der Waals surface area contributed by atoms with Crippen LogP contribution >= 0.6 is 0 Å². The zero-order chi connectivity index (χ0) is 13.1. The van der Waals surface area contributed by atoms with Gasteiger partial charge in [0.1, 0.15) is 0 Å². The van der Waals surface area contributed by atoms with E-state index in [2.05, 4.69) is 6.92 Å². The molecule has 1 saturated carbocycles. The van der Waals surface area contributed by atoms with Crippen LogP contribution in [0.2, 0.25) is 0 Å². The van der Waals surface area contributed by atoms with E-state index in [0.29, 0.717) is 18.5 Å². The zero-order valence-electron chi connectivity index (χ0n) is 11.8. The topological polar surface area (TPSA) is 46.3 Å². The molecular weight excluding hydrogens is 212 g/mol. The molecule has 1 fully saturated rings. The van der Waals surface area contributed by atoms with Crippen molar-refractivity contribution in [3.63, 3.8) is 0 Å². The molecule has 17 heavy (non-hydrogen) atoms. The second-order valence-corrected chi connectivity index (χ2v) is 6.00. The van der Waals surface area contributed by atoms with Crippen molar-refractivity contribution in [1.82, 2.24) is 4.90 Å². The Balaban J connectivity index is 2.73. The molecule has 0 aliphatic heterocycles. The van der Waals surface area contributed by atoms with Gasteiger partial charge in [-0.1, -0.05) is 33.6 Å². The van der Waals surface area contributed by atoms with Crippen LogP contribution in [0.15, 0.2) is 0 Å². The van der Waals surface area contributed by atoms with Gasteiger partial charge in [0.05, 0.1) is 0 Å². The van der Waals surface area contributed by atoms with E-state index in [1.807, 2.05) is 25.8 Å². The SMILES string of the molecule is CCC(C)(C)C(=O)N(C)C1CCCCC1CN. The van der Waals surface area contributed by atoms with Crippen LogP contribution in [0.5, 0.6) is 0 Å². The van der Waals surface area contributed by atoms with Crippen LogP contribution < -0.4 is 5.73 Å². The molecule has 0 spiro atoms. The van der Waals surface area contributed by atoms with Crippen LogP contribution in [0.1, 0.15) is 52.9 Å². The summed E-state index contributed by atoms with van der Waals surface area (Å²) in [6, 6.07) is 0.354. The number of hydrogen-bond acceptors (Lipinski definition) is 2. The number of carbonyl (C=O) groups excluding carboxylic acids is 1. The van der Waals surface area contributed by atoms with Gasteiger partial charge in [0.15, 0.2) is 0 Å². The van der Waals surface area contributed by atoms with Crippen LogP contribution in [0.4, 0.5) is 0 Å². The minimum atomic E-state index is -0.245. The van der Waals surface area contributed by atoms with Crippen molar-refractivity contribution in [2.24, 2.45) is 17.1 Å². The normalized spacial score (nSPS) is 25.7. The van der Waals surface area contributed by atoms with Gasteiger partial charge in [-0.3, -0.25) is 4.79 Å². The van der Waals surface area contributed by atoms with Gasteiger partial charge in [-0.25, -0.2) is 0 Å². The summed E-state index contributed by atoms with van der Waals surface area (Å²) >= 11 is 0. The Labute approximate surface area is 106 Å². The molecule has 3 nitrogen and oxygen atoms in total. The Bertz CT molecular complexity index is 263. The molecule has 0 heterocycles. The molecule has 0 aromatic heterocycles. The predicted octanol–water partition coefficient (Wildman–Crippen LogP) is 2.40. The van der Waals surface area contributed by atoms with Crippen LogP contribution in [0.25, 0.3) is 0 Å². The number of nitrogens with two attached hydrogens (primary N) is 1. The highest BCUT2D eigenvalue weighted by atomic mass is 16.2. The maximum atomic E-state index is 12.4. The Morgan fingerprint density at radius 2 is 1.94 bits per heavy atom. The van der Waals surface area contributed by atoms with E-state index in [9.17, 15) is 4.79 Å². The van der Waals surface area contributed by atoms with Crippen molar-refractivity contribution in [2.75, 3.05) is 13.6 Å². The number of carbonyl (C=O) groups is 1. The molecule has 1 rings (SSSR count). The number of nitrogens with zero attached hydrogens (tertiary/aromatic N) is 1. The van der Waals surface area contributed by atoms with Crippen molar-refractivity contribution < 1.29 is 4.79 Å². The van der Waals surface area contributed by atoms with Gasteiger partial charge >= 0.3 is 0 Å². The van der Waals surface area contributed by atoms with E-state index in [1.54, 1.807) is 0 Å². The predicted molar refractivity (Wildman–Crippen MR) is 71.6 cm³/mol.